The van der Waals surface area contributed by atoms with Gasteiger partial charge in [-0.1, -0.05) is 33.8 Å². The Kier molecular flexibility index (Phi) is 4.12. The molecule has 0 atom stereocenters. The highest BCUT2D eigenvalue weighted by Gasteiger charge is 2.12. The van der Waals surface area contributed by atoms with Crippen LogP contribution in [0.2, 0.25) is 0 Å². The predicted molar refractivity (Wildman–Crippen MR) is 60.2 cm³/mol. The van der Waals surface area contributed by atoms with Gasteiger partial charge in [0.15, 0.2) is 11.9 Å². The van der Waals surface area contributed by atoms with Crippen molar-refractivity contribution in [2.24, 2.45) is 5.92 Å². The van der Waals surface area contributed by atoms with Crippen LogP contribution in [-0.2, 0) is 6.54 Å². The van der Waals surface area contributed by atoms with Gasteiger partial charge in [-0.05, 0) is 5.92 Å². The Balaban J connectivity index is 2.74. The van der Waals surface area contributed by atoms with Crippen LogP contribution in [0.1, 0.15) is 45.7 Å². The molecule has 0 fully saturated rings. The first kappa shape index (κ1) is 11.2. The first-order valence-electron chi connectivity index (χ1n) is 5.59. The Hall–Kier alpha value is -0.850. The fraction of sp³-hybridized carbons (Fsp3) is 0.615. The topological polar surface area (TPSA) is 3.88 Å². The van der Waals surface area contributed by atoms with Gasteiger partial charge < -0.3 is 0 Å². The van der Waals surface area contributed by atoms with E-state index in [1.54, 1.807) is 0 Å². The molecule has 1 aromatic rings. The molecule has 0 aliphatic carbocycles. The van der Waals surface area contributed by atoms with E-state index in [2.05, 4.69) is 56.7 Å². The highest BCUT2D eigenvalue weighted by Crippen LogP contribution is 2.09. The molecule has 0 N–H and O–H groups in total. The minimum absolute atomic E-state index is 0.614. The quantitative estimate of drug-likeness (QED) is 0.645. The largest absolute Gasteiger partial charge is 0.202 e. The number of hydrogen-bond donors (Lipinski definition) is 0. The summed E-state index contributed by atoms with van der Waals surface area (Å²) in [6.07, 6.45) is 3.45. The van der Waals surface area contributed by atoms with Crippen LogP contribution >= 0.6 is 0 Å². The lowest BCUT2D eigenvalue weighted by Crippen LogP contribution is -2.39. The number of pyridine rings is 1. The van der Waals surface area contributed by atoms with E-state index < -0.39 is 0 Å². The molecular formula is C13H22N+. The van der Waals surface area contributed by atoms with E-state index in [1.807, 2.05) is 0 Å². The highest BCUT2D eigenvalue weighted by molar-refractivity contribution is 5.01. The van der Waals surface area contributed by atoms with Crippen molar-refractivity contribution in [3.63, 3.8) is 0 Å². The SMILES string of the molecule is CC(C)CC[n+]1ccccc1C(C)C. The molecule has 0 bridgehead atoms. The van der Waals surface area contributed by atoms with E-state index in [1.165, 1.54) is 12.1 Å². The van der Waals surface area contributed by atoms with Gasteiger partial charge in [-0.15, -0.1) is 0 Å². The van der Waals surface area contributed by atoms with Gasteiger partial charge in [0.05, 0.1) is 0 Å². The minimum atomic E-state index is 0.614. The number of nitrogens with zero attached hydrogens (tertiary/aromatic N) is 1. The molecule has 0 unspecified atom stereocenters. The molecule has 0 radical (unpaired) electrons. The van der Waals surface area contributed by atoms with Crippen LogP contribution in [0.15, 0.2) is 24.4 Å². The van der Waals surface area contributed by atoms with Gasteiger partial charge in [-0.3, -0.25) is 0 Å². The smallest absolute Gasteiger partial charge is 0.183 e. The molecule has 1 heterocycles. The summed E-state index contributed by atoms with van der Waals surface area (Å²) in [5.41, 5.74) is 1.44. The van der Waals surface area contributed by atoms with E-state index in [0.29, 0.717) is 5.92 Å². The molecule has 78 valence electrons. The van der Waals surface area contributed by atoms with Gasteiger partial charge in [0.2, 0.25) is 0 Å². The number of rotatable bonds is 4. The van der Waals surface area contributed by atoms with Crippen molar-refractivity contribution in [1.29, 1.82) is 0 Å². The van der Waals surface area contributed by atoms with Gasteiger partial charge in [-0.2, -0.15) is 0 Å². The summed E-state index contributed by atoms with van der Waals surface area (Å²) in [4.78, 5) is 0. The predicted octanol–water partition coefficient (Wildman–Crippen LogP) is 3.14. The van der Waals surface area contributed by atoms with Gasteiger partial charge in [0.1, 0.15) is 6.54 Å². The molecule has 0 saturated heterocycles. The molecular weight excluding hydrogens is 170 g/mol. The Morgan fingerprint density at radius 3 is 2.43 bits per heavy atom. The van der Waals surface area contributed by atoms with Gasteiger partial charge >= 0.3 is 0 Å². The van der Waals surface area contributed by atoms with Crippen molar-refractivity contribution in [2.45, 2.75) is 46.6 Å². The molecule has 1 aromatic heterocycles. The lowest BCUT2D eigenvalue weighted by atomic mass is 10.1. The number of aryl methyl sites for hydroxylation is 1. The molecule has 14 heavy (non-hydrogen) atoms. The van der Waals surface area contributed by atoms with Crippen LogP contribution in [0, 0.1) is 5.92 Å². The third kappa shape index (κ3) is 3.13. The zero-order chi connectivity index (χ0) is 10.6. The standard InChI is InChI=1S/C13H22N/c1-11(2)8-10-14-9-6-5-7-13(14)12(3)4/h5-7,9,11-12H,8,10H2,1-4H3/q+1. The van der Waals surface area contributed by atoms with Crippen molar-refractivity contribution in [2.75, 3.05) is 0 Å². The minimum Gasteiger partial charge on any atom is -0.202 e. The maximum absolute atomic E-state index is 2.38. The van der Waals surface area contributed by atoms with Crippen LogP contribution in [0.25, 0.3) is 0 Å². The van der Waals surface area contributed by atoms with Crippen molar-refractivity contribution in [1.82, 2.24) is 0 Å². The monoisotopic (exact) mass is 192 g/mol. The van der Waals surface area contributed by atoms with Crippen LogP contribution in [0.3, 0.4) is 0 Å². The van der Waals surface area contributed by atoms with Crippen LogP contribution in [0.5, 0.6) is 0 Å². The van der Waals surface area contributed by atoms with Gasteiger partial charge in [0.25, 0.3) is 0 Å². The average Bonchev–Trinajstić information content (AvgIpc) is 2.15. The van der Waals surface area contributed by atoms with E-state index in [-0.39, 0.29) is 0 Å². The van der Waals surface area contributed by atoms with Crippen LogP contribution in [-0.4, -0.2) is 0 Å². The van der Waals surface area contributed by atoms with E-state index in [9.17, 15) is 0 Å². The lowest BCUT2D eigenvalue weighted by Gasteiger charge is -2.07. The molecule has 1 rings (SSSR count). The van der Waals surface area contributed by atoms with E-state index in [0.717, 1.165) is 12.5 Å². The molecule has 0 amide bonds. The number of hydrogen-bond acceptors (Lipinski definition) is 0. The van der Waals surface area contributed by atoms with Crippen molar-refractivity contribution in [3.8, 4) is 0 Å². The van der Waals surface area contributed by atoms with E-state index >= 15 is 0 Å². The third-order valence-electron chi connectivity index (χ3n) is 2.51. The zero-order valence-corrected chi connectivity index (χ0v) is 9.83. The maximum atomic E-state index is 2.38. The fourth-order valence-corrected chi connectivity index (χ4v) is 1.61. The summed E-state index contributed by atoms with van der Waals surface area (Å²) < 4.78 is 2.38. The summed E-state index contributed by atoms with van der Waals surface area (Å²) >= 11 is 0. The molecule has 1 heteroatoms. The van der Waals surface area contributed by atoms with Crippen molar-refractivity contribution >= 4 is 0 Å². The normalized spacial score (nSPS) is 11.3. The van der Waals surface area contributed by atoms with Crippen LogP contribution < -0.4 is 4.57 Å². The second-order valence-corrected chi connectivity index (χ2v) is 4.66. The molecule has 1 nitrogen and oxygen atoms in total. The van der Waals surface area contributed by atoms with E-state index in [4.69, 9.17) is 0 Å². The fourth-order valence-electron chi connectivity index (χ4n) is 1.61. The van der Waals surface area contributed by atoms with Gasteiger partial charge in [0, 0.05) is 24.5 Å². The third-order valence-corrected chi connectivity index (χ3v) is 2.51. The molecule has 0 spiro atoms. The molecule has 0 saturated carbocycles. The summed E-state index contributed by atoms with van der Waals surface area (Å²) in [5.74, 6) is 1.39. The second kappa shape index (κ2) is 5.14. The van der Waals surface area contributed by atoms with Crippen molar-refractivity contribution < 1.29 is 4.57 Å². The number of aromatic nitrogens is 1. The lowest BCUT2D eigenvalue weighted by molar-refractivity contribution is -0.706. The summed E-state index contributed by atoms with van der Waals surface area (Å²) in [6, 6.07) is 6.47. The Morgan fingerprint density at radius 2 is 1.86 bits per heavy atom. The summed E-state index contributed by atoms with van der Waals surface area (Å²) in [5, 5.41) is 0. The Labute approximate surface area is 87.8 Å². The van der Waals surface area contributed by atoms with Gasteiger partial charge in [-0.25, -0.2) is 4.57 Å². The first-order valence-corrected chi connectivity index (χ1v) is 5.59. The zero-order valence-electron chi connectivity index (χ0n) is 9.83. The van der Waals surface area contributed by atoms with Crippen molar-refractivity contribution in [3.05, 3.63) is 30.1 Å². The molecule has 0 aliphatic heterocycles. The second-order valence-electron chi connectivity index (χ2n) is 4.66. The molecule has 0 aliphatic rings. The summed E-state index contributed by atoms with van der Waals surface area (Å²) in [6.45, 7) is 10.2. The first-order chi connectivity index (χ1) is 6.61. The van der Waals surface area contributed by atoms with Crippen LogP contribution in [0.4, 0.5) is 0 Å². The average molecular weight is 192 g/mol. The Bertz CT molecular complexity index is 276. The Morgan fingerprint density at radius 1 is 1.14 bits per heavy atom. The summed E-state index contributed by atoms with van der Waals surface area (Å²) in [7, 11) is 0. The highest BCUT2D eigenvalue weighted by atomic mass is 15.0. The molecule has 0 aromatic carbocycles. The maximum Gasteiger partial charge on any atom is 0.183 e.